The normalized spacial score (nSPS) is 12.7. The Hall–Kier alpha value is -0.0831. The fourth-order valence-electron chi connectivity index (χ4n) is 0.790. The molecule has 0 bridgehead atoms. The molecular weight excluding hydrogens is 150 g/mol. The lowest BCUT2D eigenvalue weighted by molar-refractivity contribution is 0.854. The zero-order chi connectivity index (χ0) is 8.74. The molecule has 0 heterocycles. The molecule has 0 aliphatic heterocycles. The van der Waals surface area contributed by atoms with Crippen molar-refractivity contribution in [1.29, 1.82) is 0 Å². The van der Waals surface area contributed by atoms with Gasteiger partial charge in [-0.05, 0) is 25.4 Å². The van der Waals surface area contributed by atoms with E-state index in [9.17, 15) is 0 Å². The van der Waals surface area contributed by atoms with Crippen LogP contribution < -0.4 is 5.73 Å². The van der Waals surface area contributed by atoms with Crippen LogP contribution in [0.15, 0.2) is 12.2 Å². The van der Waals surface area contributed by atoms with Crippen LogP contribution in [0.4, 0.5) is 0 Å². The van der Waals surface area contributed by atoms with Gasteiger partial charge in [-0.3, -0.25) is 0 Å². The van der Waals surface area contributed by atoms with Gasteiger partial charge in [-0.2, -0.15) is 0 Å². The van der Waals surface area contributed by atoms with Crippen molar-refractivity contribution in [3.8, 4) is 0 Å². The third-order valence-corrected chi connectivity index (χ3v) is 2.93. The third-order valence-electron chi connectivity index (χ3n) is 1.47. The molecule has 66 valence electrons. The molecule has 0 aliphatic carbocycles. The minimum atomic E-state index is -0.835. The summed E-state index contributed by atoms with van der Waals surface area (Å²) in [6, 6.07) is 1.30. The molecule has 0 aliphatic rings. The zero-order valence-electron chi connectivity index (χ0n) is 8.06. The predicted octanol–water partition coefficient (Wildman–Crippen LogP) is 2.62. The smallest absolute Gasteiger partial charge is 0.0480 e. The van der Waals surface area contributed by atoms with Gasteiger partial charge in [-0.15, -0.1) is 0 Å². The van der Waals surface area contributed by atoms with E-state index in [1.807, 2.05) is 0 Å². The van der Waals surface area contributed by atoms with Crippen molar-refractivity contribution in [2.45, 2.75) is 38.5 Å². The maximum Gasteiger partial charge on any atom is 0.0480 e. The van der Waals surface area contributed by atoms with E-state index >= 15 is 0 Å². The summed E-state index contributed by atoms with van der Waals surface area (Å²) < 4.78 is 0. The minimum Gasteiger partial charge on any atom is -0.330 e. The highest BCUT2D eigenvalue weighted by Crippen LogP contribution is 2.08. The fraction of sp³-hybridized carbons (Fsp3) is 0.778. The van der Waals surface area contributed by atoms with Gasteiger partial charge in [0.1, 0.15) is 0 Å². The third kappa shape index (κ3) is 9.92. The van der Waals surface area contributed by atoms with Gasteiger partial charge in [0.15, 0.2) is 0 Å². The Kier molecular flexibility index (Phi) is 5.51. The standard InChI is InChI=1S/C9H21NSi/c1-11(2,3)9-7-5-4-6-8-10/h5,7H,4,6,8-10H2,1-3H3. The van der Waals surface area contributed by atoms with Gasteiger partial charge in [-0.1, -0.05) is 31.8 Å². The lowest BCUT2D eigenvalue weighted by Gasteiger charge is -2.11. The van der Waals surface area contributed by atoms with E-state index in [4.69, 9.17) is 5.73 Å². The molecular formula is C9H21NSi. The van der Waals surface area contributed by atoms with E-state index in [1.165, 1.54) is 6.04 Å². The molecule has 0 fully saturated rings. The molecule has 0 amide bonds. The number of unbranched alkanes of at least 4 members (excludes halogenated alkanes) is 1. The Morgan fingerprint density at radius 1 is 1.18 bits per heavy atom. The molecule has 0 saturated carbocycles. The first-order valence-electron chi connectivity index (χ1n) is 4.41. The van der Waals surface area contributed by atoms with Crippen molar-refractivity contribution >= 4 is 8.07 Å². The summed E-state index contributed by atoms with van der Waals surface area (Å²) in [4.78, 5) is 0. The van der Waals surface area contributed by atoms with Crippen LogP contribution in [0.3, 0.4) is 0 Å². The molecule has 0 spiro atoms. The van der Waals surface area contributed by atoms with Gasteiger partial charge in [0, 0.05) is 8.07 Å². The number of allylic oxidation sites excluding steroid dienone is 2. The Labute approximate surface area is 71.7 Å². The van der Waals surface area contributed by atoms with E-state index < -0.39 is 8.07 Å². The molecule has 1 nitrogen and oxygen atoms in total. The minimum absolute atomic E-state index is 0.817. The van der Waals surface area contributed by atoms with Crippen LogP contribution in [-0.4, -0.2) is 14.6 Å². The van der Waals surface area contributed by atoms with Crippen molar-refractivity contribution in [2.24, 2.45) is 5.73 Å². The second-order valence-electron chi connectivity index (χ2n) is 4.17. The highest BCUT2D eigenvalue weighted by Gasteiger charge is 2.08. The Bertz CT molecular complexity index is 113. The Morgan fingerprint density at radius 3 is 2.27 bits per heavy atom. The number of rotatable bonds is 5. The highest BCUT2D eigenvalue weighted by molar-refractivity contribution is 6.76. The highest BCUT2D eigenvalue weighted by atomic mass is 28.3. The maximum absolute atomic E-state index is 5.37. The first-order chi connectivity index (χ1) is 5.06. The van der Waals surface area contributed by atoms with E-state index in [-0.39, 0.29) is 0 Å². The van der Waals surface area contributed by atoms with Gasteiger partial charge in [0.25, 0.3) is 0 Å². The van der Waals surface area contributed by atoms with Crippen LogP contribution >= 0.6 is 0 Å². The molecule has 0 aromatic heterocycles. The summed E-state index contributed by atoms with van der Waals surface area (Å²) in [5.41, 5.74) is 5.37. The molecule has 0 rings (SSSR count). The summed E-state index contributed by atoms with van der Waals surface area (Å²) in [6.07, 6.45) is 6.87. The number of hydrogen-bond donors (Lipinski definition) is 1. The van der Waals surface area contributed by atoms with Crippen LogP contribution in [0, 0.1) is 0 Å². The van der Waals surface area contributed by atoms with Gasteiger partial charge in [-0.25, -0.2) is 0 Å². The quantitative estimate of drug-likeness (QED) is 0.384. The summed E-state index contributed by atoms with van der Waals surface area (Å²) in [7, 11) is -0.835. The molecule has 0 aromatic rings. The van der Waals surface area contributed by atoms with Gasteiger partial charge < -0.3 is 5.73 Å². The van der Waals surface area contributed by atoms with Crippen molar-refractivity contribution in [1.82, 2.24) is 0 Å². The number of nitrogens with two attached hydrogens (primary N) is 1. The largest absolute Gasteiger partial charge is 0.330 e. The van der Waals surface area contributed by atoms with E-state index in [0.717, 1.165) is 19.4 Å². The van der Waals surface area contributed by atoms with Crippen LogP contribution in [0.2, 0.25) is 25.7 Å². The van der Waals surface area contributed by atoms with Crippen LogP contribution in [0.25, 0.3) is 0 Å². The van der Waals surface area contributed by atoms with Gasteiger partial charge in [0.2, 0.25) is 0 Å². The molecule has 0 saturated heterocycles. The molecule has 2 N–H and O–H groups in total. The van der Waals surface area contributed by atoms with E-state index in [2.05, 4.69) is 31.8 Å². The number of hydrogen-bond acceptors (Lipinski definition) is 1. The molecule has 0 unspecified atom stereocenters. The second kappa shape index (κ2) is 5.55. The first kappa shape index (κ1) is 10.9. The molecule has 11 heavy (non-hydrogen) atoms. The maximum atomic E-state index is 5.37. The summed E-state index contributed by atoms with van der Waals surface area (Å²) in [5, 5.41) is 0. The average molecular weight is 171 g/mol. The lowest BCUT2D eigenvalue weighted by Crippen LogP contribution is -2.17. The Morgan fingerprint density at radius 2 is 1.82 bits per heavy atom. The van der Waals surface area contributed by atoms with E-state index in [1.54, 1.807) is 0 Å². The van der Waals surface area contributed by atoms with Crippen LogP contribution in [-0.2, 0) is 0 Å². The molecule has 0 radical (unpaired) electrons. The topological polar surface area (TPSA) is 26.0 Å². The predicted molar refractivity (Wildman–Crippen MR) is 55.6 cm³/mol. The van der Waals surface area contributed by atoms with Crippen molar-refractivity contribution in [3.05, 3.63) is 12.2 Å². The Balaban J connectivity index is 3.30. The SMILES string of the molecule is C[Si](C)(C)CC=CCCCN. The molecule has 2 heteroatoms. The van der Waals surface area contributed by atoms with Gasteiger partial charge in [0.05, 0.1) is 0 Å². The zero-order valence-corrected chi connectivity index (χ0v) is 9.06. The van der Waals surface area contributed by atoms with Crippen LogP contribution in [0.5, 0.6) is 0 Å². The summed E-state index contributed by atoms with van der Waals surface area (Å²) in [5.74, 6) is 0. The second-order valence-corrected chi connectivity index (χ2v) is 9.70. The fourth-order valence-corrected chi connectivity index (χ4v) is 1.66. The molecule has 0 atom stereocenters. The molecule has 0 aromatic carbocycles. The lowest BCUT2D eigenvalue weighted by atomic mass is 10.3. The van der Waals surface area contributed by atoms with Gasteiger partial charge >= 0.3 is 0 Å². The van der Waals surface area contributed by atoms with Crippen molar-refractivity contribution < 1.29 is 0 Å². The monoisotopic (exact) mass is 171 g/mol. The van der Waals surface area contributed by atoms with E-state index in [0.29, 0.717) is 0 Å². The first-order valence-corrected chi connectivity index (χ1v) is 8.12. The summed E-state index contributed by atoms with van der Waals surface area (Å²) >= 11 is 0. The average Bonchev–Trinajstić information content (AvgIpc) is 1.85. The summed E-state index contributed by atoms with van der Waals surface area (Å²) in [6.45, 7) is 7.98. The van der Waals surface area contributed by atoms with Crippen molar-refractivity contribution in [3.63, 3.8) is 0 Å². The van der Waals surface area contributed by atoms with Crippen LogP contribution in [0.1, 0.15) is 12.8 Å². The van der Waals surface area contributed by atoms with Crippen molar-refractivity contribution in [2.75, 3.05) is 6.54 Å².